The molecule has 1 unspecified atom stereocenters. The number of hydrogen-bond acceptors (Lipinski definition) is 2. The second-order valence-electron chi connectivity index (χ2n) is 5.41. The van der Waals surface area contributed by atoms with Crippen LogP contribution >= 0.6 is 11.6 Å². The van der Waals surface area contributed by atoms with Crippen molar-refractivity contribution in [1.82, 2.24) is 5.32 Å². The van der Waals surface area contributed by atoms with Gasteiger partial charge in [-0.15, -0.1) is 0 Å². The number of nitrogens with one attached hydrogen (secondary N) is 1. The standard InChI is InChI=1S/C16H24ClNO/c1-18-11-16(14-9-5-6-10-15(14)17)19-12-13-7-3-2-4-8-13/h5-6,9-10,13,16,18H,2-4,7-8,11-12H2,1H3. The molecule has 0 bridgehead atoms. The van der Waals surface area contributed by atoms with E-state index in [0.29, 0.717) is 0 Å². The molecule has 1 atom stereocenters. The van der Waals surface area contributed by atoms with Gasteiger partial charge in [0, 0.05) is 17.1 Å². The van der Waals surface area contributed by atoms with Gasteiger partial charge in [-0.25, -0.2) is 0 Å². The third kappa shape index (κ3) is 4.48. The number of hydrogen-bond donors (Lipinski definition) is 1. The second kappa shape index (κ2) is 7.88. The van der Waals surface area contributed by atoms with Crippen LogP contribution in [0.4, 0.5) is 0 Å². The van der Waals surface area contributed by atoms with E-state index in [4.69, 9.17) is 16.3 Å². The third-order valence-corrected chi connectivity index (χ3v) is 4.24. The van der Waals surface area contributed by atoms with Crippen molar-refractivity contribution in [2.75, 3.05) is 20.2 Å². The molecule has 0 amide bonds. The lowest BCUT2D eigenvalue weighted by atomic mass is 9.90. The van der Waals surface area contributed by atoms with Crippen LogP contribution in [-0.2, 0) is 4.74 Å². The first-order valence-electron chi connectivity index (χ1n) is 7.32. The van der Waals surface area contributed by atoms with Gasteiger partial charge < -0.3 is 10.1 Å². The summed E-state index contributed by atoms with van der Waals surface area (Å²) in [5.74, 6) is 0.732. The maximum atomic E-state index is 6.27. The Morgan fingerprint density at radius 2 is 2.00 bits per heavy atom. The molecule has 19 heavy (non-hydrogen) atoms. The molecule has 2 rings (SSSR count). The van der Waals surface area contributed by atoms with Crippen molar-refractivity contribution in [3.05, 3.63) is 34.9 Å². The van der Waals surface area contributed by atoms with E-state index in [9.17, 15) is 0 Å². The van der Waals surface area contributed by atoms with Crippen LogP contribution in [0.25, 0.3) is 0 Å². The first kappa shape index (κ1) is 14.8. The van der Waals surface area contributed by atoms with Crippen molar-refractivity contribution < 1.29 is 4.74 Å². The van der Waals surface area contributed by atoms with E-state index in [1.54, 1.807) is 0 Å². The van der Waals surface area contributed by atoms with Crippen LogP contribution in [0.5, 0.6) is 0 Å². The molecule has 1 N–H and O–H groups in total. The molecule has 1 aliphatic carbocycles. The zero-order valence-electron chi connectivity index (χ0n) is 11.7. The summed E-state index contributed by atoms with van der Waals surface area (Å²) in [5.41, 5.74) is 1.09. The monoisotopic (exact) mass is 281 g/mol. The predicted octanol–water partition coefficient (Wildman–Crippen LogP) is 4.20. The molecular weight excluding hydrogens is 258 g/mol. The molecule has 0 aliphatic heterocycles. The highest BCUT2D eigenvalue weighted by atomic mass is 35.5. The average molecular weight is 282 g/mol. The summed E-state index contributed by atoms with van der Waals surface area (Å²) in [6.07, 6.45) is 6.79. The normalized spacial score (nSPS) is 18.4. The van der Waals surface area contributed by atoms with E-state index in [1.165, 1.54) is 32.1 Å². The number of benzene rings is 1. The molecular formula is C16H24ClNO. The van der Waals surface area contributed by atoms with Gasteiger partial charge in [-0.2, -0.15) is 0 Å². The Bertz CT molecular complexity index is 377. The minimum atomic E-state index is 0.0561. The van der Waals surface area contributed by atoms with E-state index in [0.717, 1.165) is 29.7 Å². The Morgan fingerprint density at radius 1 is 1.26 bits per heavy atom. The molecule has 0 spiro atoms. The fraction of sp³-hybridized carbons (Fsp3) is 0.625. The van der Waals surface area contributed by atoms with Crippen molar-refractivity contribution in [1.29, 1.82) is 0 Å². The molecule has 1 aliphatic rings. The number of halogens is 1. The van der Waals surface area contributed by atoms with Crippen LogP contribution in [-0.4, -0.2) is 20.2 Å². The summed E-state index contributed by atoms with van der Waals surface area (Å²) in [4.78, 5) is 0. The summed E-state index contributed by atoms with van der Waals surface area (Å²) in [7, 11) is 1.95. The molecule has 1 fully saturated rings. The largest absolute Gasteiger partial charge is 0.372 e. The molecule has 3 heteroatoms. The minimum absolute atomic E-state index is 0.0561. The van der Waals surface area contributed by atoms with E-state index in [-0.39, 0.29) is 6.10 Å². The van der Waals surface area contributed by atoms with Crippen LogP contribution < -0.4 is 5.32 Å². The van der Waals surface area contributed by atoms with Gasteiger partial charge in [-0.05, 0) is 31.9 Å². The highest BCUT2D eigenvalue weighted by Gasteiger charge is 2.18. The Morgan fingerprint density at radius 3 is 2.68 bits per heavy atom. The Kier molecular flexibility index (Phi) is 6.15. The summed E-state index contributed by atoms with van der Waals surface area (Å²) in [6.45, 7) is 1.66. The lowest BCUT2D eigenvalue weighted by molar-refractivity contribution is 0.0210. The zero-order chi connectivity index (χ0) is 13.5. The second-order valence-corrected chi connectivity index (χ2v) is 5.81. The Balaban J connectivity index is 1.94. The van der Waals surface area contributed by atoms with Crippen LogP contribution in [0, 0.1) is 5.92 Å². The molecule has 1 saturated carbocycles. The third-order valence-electron chi connectivity index (χ3n) is 3.90. The lowest BCUT2D eigenvalue weighted by Crippen LogP contribution is -2.23. The van der Waals surface area contributed by atoms with E-state index < -0.39 is 0 Å². The summed E-state index contributed by atoms with van der Waals surface area (Å²) in [5, 5.41) is 4.00. The topological polar surface area (TPSA) is 21.3 Å². The zero-order valence-corrected chi connectivity index (χ0v) is 12.5. The SMILES string of the molecule is CNCC(OCC1CCCCC1)c1ccccc1Cl. The molecule has 106 valence electrons. The summed E-state index contributed by atoms with van der Waals surface area (Å²) in [6, 6.07) is 7.98. The van der Waals surface area contributed by atoms with Crippen molar-refractivity contribution >= 4 is 11.6 Å². The number of rotatable bonds is 6. The lowest BCUT2D eigenvalue weighted by Gasteiger charge is -2.25. The predicted molar refractivity (Wildman–Crippen MR) is 80.6 cm³/mol. The van der Waals surface area contributed by atoms with Gasteiger partial charge in [0.05, 0.1) is 12.7 Å². The van der Waals surface area contributed by atoms with Gasteiger partial charge in [0.25, 0.3) is 0 Å². The van der Waals surface area contributed by atoms with Crippen molar-refractivity contribution in [3.8, 4) is 0 Å². The van der Waals surface area contributed by atoms with Crippen LogP contribution in [0.3, 0.4) is 0 Å². The van der Waals surface area contributed by atoms with Crippen molar-refractivity contribution in [3.63, 3.8) is 0 Å². The van der Waals surface area contributed by atoms with Gasteiger partial charge >= 0.3 is 0 Å². The molecule has 0 saturated heterocycles. The van der Waals surface area contributed by atoms with Gasteiger partial charge in [0.15, 0.2) is 0 Å². The number of ether oxygens (including phenoxy) is 1. The van der Waals surface area contributed by atoms with E-state index >= 15 is 0 Å². The minimum Gasteiger partial charge on any atom is -0.372 e. The van der Waals surface area contributed by atoms with Crippen molar-refractivity contribution in [2.24, 2.45) is 5.92 Å². The summed E-state index contributed by atoms with van der Waals surface area (Å²) < 4.78 is 6.14. The first-order chi connectivity index (χ1) is 9.31. The first-order valence-corrected chi connectivity index (χ1v) is 7.69. The molecule has 1 aromatic carbocycles. The van der Waals surface area contributed by atoms with Gasteiger partial charge in [-0.3, -0.25) is 0 Å². The van der Waals surface area contributed by atoms with Crippen LogP contribution in [0.2, 0.25) is 5.02 Å². The fourth-order valence-corrected chi connectivity index (χ4v) is 3.04. The quantitative estimate of drug-likeness (QED) is 0.844. The molecule has 0 aromatic heterocycles. The van der Waals surface area contributed by atoms with Crippen LogP contribution in [0.1, 0.15) is 43.8 Å². The van der Waals surface area contributed by atoms with Gasteiger partial charge in [0.1, 0.15) is 0 Å². The maximum absolute atomic E-state index is 6.27. The highest BCUT2D eigenvalue weighted by Crippen LogP contribution is 2.28. The highest BCUT2D eigenvalue weighted by molar-refractivity contribution is 6.31. The molecule has 1 aromatic rings. The molecule has 0 heterocycles. The van der Waals surface area contributed by atoms with Gasteiger partial charge in [-0.1, -0.05) is 49.1 Å². The van der Waals surface area contributed by atoms with Crippen LogP contribution in [0.15, 0.2) is 24.3 Å². The van der Waals surface area contributed by atoms with Crippen molar-refractivity contribution in [2.45, 2.75) is 38.2 Å². The maximum Gasteiger partial charge on any atom is 0.0963 e. The molecule has 0 radical (unpaired) electrons. The average Bonchev–Trinajstić information content (AvgIpc) is 2.45. The number of likely N-dealkylation sites (N-methyl/N-ethyl adjacent to an activating group) is 1. The van der Waals surface area contributed by atoms with E-state index in [2.05, 4.69) is 11.4 Å². The van der Waals surface area contributed by atoms with E-state index in [1.807, 2.05) is 25.2 Å². The smallest absolute Gasteiger partial charge is 0.0963 e. The fourth-order valence-electron chi connectivity index (χ4n) is 2.79. The Hall–Kier alpha value is -0.570. The van der Waals surface area contributed by atoms with Gasteiger partial charge in [0.2, 0.25) is 0 Å². The Labute approximate surface area is 121 Å². The molecule has 2 nitrogen and oxygen atoms in total. The summed E-state index contributed by atoms with van der Waals surface area (Å²) >= 11 is 6.27.